The van der Waals surface area contributed by atoms with Crippen LogP contribution in [-0.4, -0.2) is 21.6 Å². The molecule has 0 spiro atoms. The van der Waals surface area contributed by atoms with Gasteiger partial charge in [0.15, 0.2) is 0 Å². The number of hydrogen-bond donors (Lipinski definition) is 2. The average molecular weight is 447 g/mol. The lowest BCUT2D eigenvalue weighted by Crippen LogP contribution is -2.47. The Morgan fingerprint density at radius 1 is 1.17 bits per heavy atom. The molecule has 2 N–H and O–H groups in total. The summed E-state index contributed by atoms with van der Waals surface area (Å²) in [6.07, 6.45) is -0.514. The number of amides is 1. The number of carbonyl (C=O) groups is 1. The quantitative estimate of drug-likeness (QED) is 0.644. The Bertz CT molecular complexity index is 900. The molecule has 2 aromatic rings. The molecule has 1 aromatic carbocycles. The van der Waals surface area contributed by atoms with Crippen molar-refractivity contribution >= 4 is 29.1 Å². The molecule has 1 aliphatic rings. The Hall–Kier alpha value is -1.83. The van der Waals surface area contributed by atoms with Gasteiger partial charge in [-0.05, 0) is 36.6 Å². The summed E-state index contributed by atoms with van der Waals surface area (Å²) in [7, 11) is 0. The van der Waals surface area contributed by atoms with Crippen molar-refractivity contribution in [2.24, 2.45) is 0 Å². The molecule has 0 bridgehead atoms. The molecule has 0 saturated heterocycles. The van der Waals surface area contributed by atoms with Crippen LogP contribution < -0.4 is 5.32 Å². The number of hydrogen-bond acceptors (Lipinski definition) is 3. The second-order valence-corrected chi connectivity index (χ2v) is 8.02. The maximum Gasteiger partial charge on any atom is 0.433 e. The number of pyridine rings is 1. The number of alkyl halides is 3. The van der Waals surface area contributed by atoms with Crippen LogP contribution in [0.25, 0.3) is 0 Å². The predicted molar refractivity (Wildman–Crippen MR) is 104 cm³/mol. The van der Waals surface area contributed by atoms with Crippen LogP contribution in [0.4, 0.5) is 13.2 Å². The molecule has 1 atom stereocenters. The fourth-order valence-electron chi connectivity index (χ4n) is 3.64. The molecule has 4 nitrogen and oxygen atoms in total. The summed E-state index contributed by atoms with van der Waals surface area (Å²) in [5.74, 6) is -0.827. The van der Waals surface area contributed by atoms with Gasteiger partial charge in [0.1, 0.15) is 5.69 Å². The molecule has 156 valence electrons. The maximum atomic E-state index is 13.0. The molecule has 0 aliphatic heterocycles. The number of aliphatic hydroxyl groups is 1. The van der Waals surface area contributed by atoms with Crippen molar-refractivity contribution in [1.82, 2.24) is 10.3 Å². The predicted octanol–water partition coefficient (Wildman–Crippen LogP) is 5.57. The molecule has 1 fully saturated rings. The minimum absolute atomic E-state index is 0.212. The van der Waals surface area contributed by atoms with E-state index in [4.69, 9.17) is 23.2 Å². The molecule has 1 heterocycles. The summed E-state index contributed by atoms with van der Waals surface area (Å²) in [5.41, 5.74) is -2.26. The zero-order chi connectivity index (χ0) is 21.2. The molecular formula is C20H19Cl2F3N2O2. The van der Waals surface area contributed by atoms with Crippen molar-refractivity contribution < 1.29 is 23.1 Å². The van der Waals surface area contributed by atoms with Crippen molar-refractivity contribution in [3.05, 3.63) is 63.4 Å². The molecule has 3 rings (SSSR count). The van der Waals surface area contributed by atoms with E-state index < -0.39 is 29.4 Å². The van der Waals surface area contributed by atoms with Gasteiger partial charge in [0.05, 0.1) is 22.2 Å². The summed E-state index contributed by atoms with van der Waals surface area (Å²) in [5, 5.41) is 14.1. The number of halogens is 5. The smallest absolute Gasteiger partial charge is 0.387 e. The third-order valence-corrected chi connectivity index (χ3v) is 5.64. The molecule has 0 radical (unpaired) electrons. The number of nitrogens with one attached hydrogen (secondary N) is 1. The molecule has 1 saturated carbocycles. The first-order valence-corrected chi connectivity index (χ1v) is 9.87. The van der Waals surface area contributed by atoms with E-state index in [1.807, 2.05) is 0 Å². The highest BCUT2D eigenvalue weighted by Crippen LogP contribution is 2.39. The van der Waals surface area contributed by atoms with Gasteiger partial charge in [0, 0.05) is 11.2 Å². The van der Waals surface area contributed by atoms with E-state index in [2.05, 4.69) is 10.3 Å². The third kappa shape index (κ3) is 5.02. The number of rotatable bonds is 4. The Morgan fingerprint density at radius 3 is 2.48 bits per heavy atom. The fraction of sp³-hybridized carbons (Fsp3) is 0.400. The van der Waals surface area contributed by atoms with Gasteiger partial charge >= 0.3 is 6.18 Å². The average Bonchev–Trinajstić information content (AvgIpc) is 2.65. The number of nitrogens with zero attached hydrogens (tertiary/aromatic N) is 1. The Kier molecular flexibility index (Phi) is 6.41. The summed E-state index contributed by atoms with van der Waals surface area (Å²) in [6, 6.07) is 6.42. The zero-order valence-corrected chi connectivity index (χ0v) is 16.8. The van der Waals surface area contributed by atoms with Crippen molar-refractivity contribution in [2.45, 2.75) is 49.9 Å². The van der Waals surface area contributed by atoms with Crippen molar-refractivity contribution in [3.63, 3.8) is 0 Å². The van der Waals surface area contributed by atoms with E-state index in [0.29, 0.717) is 29.5 Å². The second kappa shape index (κ2) is 8.50. The van der Waals surface area contributed by atoms with Gasteiger partial charge in [-0.15, -0.1) is 0 Å². The van der Waals surface area contributed by atoms with E-state index in [0.717, 1.165) is 25.5 Å². The van der Waals surface area contributed by atoms with Crippen molar-refractivity contribution in [2.75, 3.05) is 0 Å². The van der Waals surface area contributed by atoms with Gasteiger partial charge in [-0.1, -0.05) is 54.6 Å². The topological polar surface area (TPSA) is 62.2 Å². The Labute approximate surface area is 176 Å². The monoisotopic (exact) mass is 446 g/mol. The van der Waals surface area contributed by atoms with Gasteiger partial charge in [0.25, 0.3) is 5.91 Å². The summed E-state index contributed by atoms with van der Waals surface area (Å²) >= 11 is 12.0. The van der Waals surface area contributed by atoms with Crippen LogP contribution in [0.1, 0.15) is 59.8 Å². The second-order valence-electron chi connectivity index (χ2n) is 7.17. The van der Waals surface area contributed by atoms with Crippen LogP contribution >= 0.6 is 23.2 Å². The van der Waals surface area contributed by atoms with E-state index in [-0.39, 0.29) is 10.6 Å². The normalized spacial score (nSPS) is 17.6. The molecule has 0 unspecified atom stereocenters. The van der Waals surface area contributed by atoms with Crippen LogP contribution in [0, 0.1) is 0 Å². The van der Waals surface area contributed by atoms with Crippen molar-refractivity contribution in [3.8, 4) is 0 Å². The van der Waals surface area contributed by atoms with Crippen LogP contribution in [0.15, 0.2) is 36.5 Å². The lowest BCUT2D eigenvalue weighted by Gasteiger charge is -2.40. The molecule has 9 heteroatoms. The van der Waals surface area contributed by atoms with Gasteiger partial charge < -0.3 is 10.4 Å². The molecular weight excluding hydrogens is 428 g/mol. The van der Waals surface area contributed by atoms with Crippen LogP contribution in [-0.2, 0) is 6.18 Å². The van der Waals surface area contributed by atoms with Crippen LogP contribution in [0.5, 0.6) is 0 Å². The number of benzene rings is 1. The minimum atomic E-state index is -4.71. The summed E-state index contributed by atoms with van der Waals surface area (Å²) in [4.78, 5) is 16.1. The Morgan fingerprint density at radius 2 is 1.86 bits per heavy atom. The highest BCUT2D eigenvalue weighted by molar-refractivity contribution is 6.33. The van der Waals surface area contributed by atoms with Crippen LogP contribution in [0.3, 0.4) is 0 Å². The highest BCUT2D eigenvalue weighted by Gasteiger charge is 2.40. The van der Waals surface area contributed by atoms with E-state index >= 15 is 0 Å². The first-order chi connectivity index (χ1) is 13.6. The van der Waals surface area contributed by atoms with Gasteiger partial charge in [-0.25, -0.2) is 0 Å². The van der Waals surface area contributed by atoms with E-state index in [1.165, 1.54) is 0 Å². The molecule has 29 heavy (non-hydrogen) atoms. The highest BCUT2D eigenvalue weighted by atomic mass is 35.5. The maximum absolute atomic E-state index is 13.0. The van der Waals surface area contributed by atoms with E-state index in [1.54, 1.807) is 24.3 Å². The first kappa shape index (κ1) is 21.9. The lowest BCUT2D eigenvalue weighted by molar-refractivity contribution is -0.141. The molecule has 1 amide bonds. The molecule has 1 aliphatic carbocycles. The largest absolute Gasteiger partial charge is 0.433 e. The third-order valence-electron chi connectivity index (χ3n) is 5.10. The lowest BCUT2D eigenvalue weighted by atomic mass is 9.77. The van der Waals surface area contributed by atoms with Gasteiger partial charge in [-0.2, -0.15) is 13.2 Å². The summed E-state index contributed by atoms with van der Waals surface area (Å²) < 4.78 is 39.0. The number of carbonyl (C=O) groups excluding carboxylic acids is 1. The van der Waals surface area contributed by atoms with Crippen LogP contribution in [0.2, 0.25) is 10.0 Å². The minimum Gasteiger partial charge on any atom is -0.387 e. The van der Waals surface area contributed by atoms with Crippen molar-refractivity contribution in [1.29, 1.82) is 0 Å². The van der Waals surface area contributed by atoms with Gasteiger partial charge in [0.2, 0.25) is 0 Å². The fourth-order valence-corrected chi connectivity index (χ4v) is 4.03. The first-order valence-electron chi connectivity index (χ1n) is 9.11. The zero-order valence-electron chi connectivity index (χ0n) is 15.3. The standard InChI is InChI=1S/C20H19Cl2F3N2O2/c21-13-6-4-5-12(9-13)17(19(29)7-2-1-3-8-19)27-18(28)14-10-16(20(23,24)25)26-11-15(14)22/h4-6,9-11,17,29H,1-3,7-8H2,(H,27,28)/t17-/m0/s1. The molecule has 1 aromatic heterocycles. The summed E-state index contributed by atoms with van der Waals surface area (Å²) in [6.45, 7) is 0. The van der Waals surface area contributed by atoms with Gasteiger partial charge in [-0.3, -0.25) is 9.78 Å². The van der Waals surface area contributed by atoms with E-state index in [9.17, 15) is 23.1 Å². The Balaban J connectivity index is 1.97. The number of aromatic nitrogens is 1. The SMILES string of the molecule is O=C(N[C@@H](c1cccc(Cl)c1)C1(O)CCCCC1)c1cc(C(F)(F)F)ncc1Cl.